The van der Waals surface area contributed by atoms with Crippen LogP contribution in [0.2, 0.25) is 0 Å². The SMILES string of the molecule is COc1cc(C)c(C)cc1CC(=O)N1CCN(C(=O)C(C)(C)C)CC1. The highest BCUT2D eigenvalue weighted by molar-refractivity contribution is 5.83. The molecule has 2 amide bonds. The van der Waals surface area contributed by atoms with Gasteiger partial charge in [0.2, 0.25) is 11.8 Å². The number of nitrogens with zero attached hydrogens (tertiary/aromatic N) is 2. The van der Waals surface area contributed by atoms with Crippen LogP contribution in [-0.4, -0.2) is 54.9 Å². The van der Waals surface area contributed by atoms with Crippen molar-refractivity contribution in [2.45, 2.75) is 41.0 Å². The molecule has 1 aromatic carbocycles. The summed E-state index contributed by atoms with van der Waals surface area (Å²) in [4.78, 5) is 28.7. The highest BCUT2D eigenvalue weighted by Gasteiger charge is 2.30. The lowest BCUT2D eigenvalue weighted by molar-refractivity contribution is -0.144. The van der Waals surface area contributed by atoms with Crippen LogP contribution >= 0.6 is 0 Å². The molecule has 1 aliphatic heterocycles. The van der Waals surface area contributed by atoms with Gasteiger partial charge in [0, 0.05) is 37.2 Å². The second-order valence-corrected chi connectivity index (χ2v) is 7.85. The van der Waals surface area contributed by atoms with Crippen LogP contribution in [0.4, 0.5) is 0 Å². The number of benzene rings is 1. The van der Waals surface area contributed by atoms with Gasteiger partial charge in [-0.15, -0.1) is 0 Å². The first-order chi connectivity index (χ1) is 11.6. The van der Waals surface area contributed by atoms with E-state index >= 15 is 0 Å². The summed E-state index contributed by atoms with van der Waals surface area (Å²) in [6.07, 6.45) is 0.331. The van der Waals surface area contributed by atoms with Crippen molar-refractivity contribution in [3.63, 3.8) is 0 Å². The molecule has 0 unspecified atom stereocenters. The summed E-state index contributed by atoms with van der Waals surface area (Å²) in [7, 11) is 1.63. The summed E-state index contributed by atoms with van der Waals surface area (Å²) in [5, 5.41) is 0. The van der Waals surface area contributed by atoms with Crippen molar-refractivity contribution in [1.82, 2.24) is 9.80 Å². The van der Waals surface area contributed by atoms with Gasteiger partial charge >= 0.3 is 0 Å². The van der Waals surface area contributed by atoms with Gasteiger partial charge in [0.15, 0.2) is 0 Å². The van der Waals surface area contributed by atoms with Crippen LogP contribution in [0.1, 0.15) is 37.5 Å². The highest BCUT2D eigenvalue weighted by atomic mass is 16.5. The van der Waals surface area contributed by atoms with E-state index in [1.54, 1.807) is 7.11 Å². The molecule has 0 spiro atoms. The number of aryl methyl sites for hydroxylation is 2. The van der Waals surface area contributed by atoms with Gasteiger partial charge in [-0.3, -0.25) is 9.59 Å². The van der Waals surface area contributed by atoms with Crippen LogP contribution in [0.25, 0.3) is 0 Å². The van der Waals surface area contributed by atoms with Gasteiger partial charge in [0.05, 0.1) is 13.5 Å². The Morgan fingerprint density at radius 3 is 2.04 bits per heavy atom. The monoisotopic (exact) mass is 346 g/mol. The Hall–Kier alpha value is -2.04. The van der Waals surface area contributed by atoms with Crippen molar-refractivity contribution < 1.29 is 14.3 Å². The number of amides is 2. The number of ether oxygens (including phenoxy) is 1. The third kappa shape index (κ3) is 4.53. The van der Waals surface area contributed by atoms with E-state index in [2.05, 4.69) is 0 Å². The molecule has 0 bridgehead atoms. The van der Waals surface area contributed by atoms with Crippen LogP contribution in [0.15, 0.2) is 12.1 Å². The van der Waals surface area contributed by atoms with E-state index < -0.39 is 0 Å². The largest absolute Gasteiger partial charge is 0.496 e. The third-order valence-corrected chi connectivity index (χ3v) is 4.80. The van der Waals surface area contributed by atoms with Gasteiger partial charge in [0.25, 0.3) is 0 Å². The van der Waals surface area contributed by atoms with E-state index in [4.69, 9.17) is 4.74 Å². The highest BCUT2D eigenvalue weighted by Crippen LogP contribution is 2.24. The molecule has 0 atom stereocenters. The van der Waals surface area contributed by atoms with Crippen molar-refractivity contribution in [3.05, 3.63) is 28.8 Å². The van der Waals surface area contributed by atoms with E-state index in [1.165, 1.54) is 0 Å². The molecule has 25 heavy (non-hydrogen) atoms. The maximum Gasteiger partial charge on any atom is 0.228 e. The maximum absolute atomic E-state index is 12.7. The lowest BCUT2D eigenvalue weighted by atomic mass is 9.94. The van der Waals surface area contributed by atoms with E-state index in [0.717, 1.165) is 22.4 Å². The van der Waals surface area contributed by atoms with Gasteiger partial charge in [-0.05, 0) is 31.0 Å². The second kappa shape index (κ2) is 7.46. The predicted octanol–water partition coefficient (Wildman–Crippen LogP) is 2.57. The second-order valence-electron chi connectivity index (χ2n) is 7.85. The van der Waals surface area contributed by atoms with Crippen LogP contribution in [0.3, 0.4) is 0 Å². The lowest BCUT2D eigenvalue weighted by Gasteiger charge is -2.37. The number of rotatable bonds is 3. The Morgan fingerprint density at radius 2 is 1.52 bits per heavy atom. The zero-order chi connectivity index (χ0) is 18.8. The normalized spacial score (nSPS) is 15.3. The van der Waals surface area contributed by atoms with E-state index in [1.807, 2.05) is 56.6 Å². The maximum atomic E-state index is 12.7. The Bertz CT molecular complexity index is 654. The minimum absolute atomic E-state index is 0.0874. The number of piperazine rings is 1. The Labute approximate surface area is 150 Å². The standard InChI is InChI=1S/C20H30N2O3/c1-14-11-16(17(25-6)12-15(14)2)13-18(23)21-7-9-22(10-8-21)19(24)20(3,4)5/h11-12H,7-10,13H2,1-6H3. The van der Waals surface area contributed by atoms with Crippen molar-refractivity contribution >= 4 is 11.8 Å². The number of carbonyl (C=O) groups excluding carboxylic acids is 2. The first-order valence-corrected chi connectivity index (χ1v) is 8.84. The van der Waals surface area contributed by atoms with Crippen LogP contribution in [0, 0.1) is 19.3 Å². The smallest absolute Gasteiger partial charge is 0.228 e. The average molecular weight is 346 g/mol. The van der Waals surface area contributed by atoms with Crippen molar-refractivity contribution in [3.8, 4) is 5.75 Å². The zero-order valence-corrected chi connectivity index (χ0v) is 16.3. The molecule has 1 heterocycles. The Morgan fingerprint density at radius 1 is 1.00 bits per heavy atom. The van der Waals surface area contributed by atoms with Crippen molar-refractivity contribution in [2.24, 2.45) is 5.41 Å². The van der Waals surface area contributed by atoms with Gasteiger partial charge in [-0.2, -0.15) is 0 Å². The molecular weight excluding hydrogens is 316 g/mol. The van der Waals surface area contributed by atoms with Gasteiger partial charge in [-0.25, -0.2) is 0 Å². The molecule has 2 rings (SSSR count). The Balaban J connectivity index is 2.00. The fourth-order valence-corrected chi connectivity index (χ4v) is 3.09. The van der Waals surface area contributed by atoms with E-state index in [0.29, 0.717) is 32.6 Å². The number of methoxy groups -OCH3 is 1. The van der Waals surface area contributed by atoms with Gasteiger partial charge in [0.1, 0.15) is 5.75 Å². The van der Waals surface area contributed by atoms with E-state index in [9.17, 15) is 9.59 Å². The molecule has 138 valence electrons. The van der Waals surface area contributed by atoms with Gasteiger partial charge < -0.3 is 14.5 Å². The molecule has 1 aromatic rings. The molecule has 0 aromatic heterocycles. The van der Waals surface area contributed by atoms with Gasteiger partial charge in [-0.1, -0.05) is 26.8 Å². The summed E-state index contributed by atoms with van der Waals surface area (Å²) >= 11 is 0. The van der Waals surface area contributed by atoms with Crippen molar-refractivity contribution in [2.75, 3.05) is 33.3 Å². The van der Waals surface area contributed by atoms with E-state index in [-0.39, 0.29) is 17.2 Å². The van der Waals surface area contributed by atoms with Crippen LogP contribution in [-0.2, 0) is 16.0 Å². The molecular formula is C20H30N2O3. The molecule has 1 saturated heterocycles. The minimum Gasteiger partial charge on any atom is -0.496 e. The number of carbonyl (C=O) groups is 2. The van der Waals surface area contributed by atoms with Crippen LogP contribution < -0.4 is 4.74 Å². The first kappa shape index (κ1) is 19.3. The fraction of sp³-hybridized carbons (Fsp3) is 0.600. The molecule has 0 N–H and O–H groups in total. The lowest BCUT2D eigenvalue weighted by Crippen LogP contribution is -2.53. The van der Waals surface area contributed by atoms with Crippen molar-refractivity contribution in [1.29, 1.82) is 0 Å². The molecule has 5 nitrogen and oxygen atoms in total. The summed E-state index contributed by atoms with van der Waals surface area (Å²) < 4.78 is 5.43. The number of hydrogen-bond acceptors (Lipinski definition) is 3. The molecule has 1 aliphatic rings. The molecule has 5 heteroatoms. The predicted molar refractivity (Wildman–Crippen MR) is 98.8 cm³/mol. The molecule has 0 radical (unpaired) electrons. The number of hydrogen-bond donors (Lipinski definition) is 0. The first-order valence-electron chi connectivity index (χ1n) is 8.84. The fourth-order valence-electron chi connectivity index (χ4n) is 3.09. The molecule has 0 aliphatic carbocycles. The summed E-state index contributed by atoms with van der Waals surface area (Å²) in [6.45, 7) is 12.3. The summed E-state index contributed by atoms with van der Waals surface area (Å²) in [5.74, 6) is 0.998. The quantitative estimate of drug-likeness (QED) is 0.845. The zero-order valence-electron chi connectivity index (χ0n) is 16.3. The topological polar surface area (TPSA) is 49.9 Å². The molecule has 1 fully saturated rings. The summed E-state index contributed by atoms with van der Waals surface area (Å²) in [6, 6.07) is 4.02. The third-order valence-electron chi connectivity index (χ3n) is 4.80. The minimum atomic E-state index is -0.376. The van der Waals surface area contributed by atoms with Crippen LogP contribution in [0.5, 0.6) is 5.75 Å². The average Bonchev–Trinajstić information content (AvgIpc) is 2.56. The Kier molecular flexibility index (Phi) is 5.76. The molecule has 0 saturated carbocycles. The summed E-state index contributed by atoms with van der Waals surface area (Å²) in [5.41, 5.74) is 2.86.